The fourth-order valence-corrected chi connectivity index (χ4v) is 1.29. The van der Waals surface area contributed by atoms with Gasteiger partial charge in [0, 0.05) is 25.0 Å². The molecule has 0 aliphatic carbocycles. The monoisotopic (exact) mass is 194 g/mol. The highest BCUT2D eigenvalue weighted by molar-refractivity contribution is 5.16. The van der Waals surface area contributed by atoms with Crippen LogP contribution in [-0.2, 0) is 6.54 Å². The van der Waals surface area contributed by atoms with E-state index in [1.165, 1.54) is 11.1 Å². The van der Waals surface area contributed by atoms with E-state index in [9.17, 15) is 0 Å². The fourth-order valence-electron chi connectivity index (χ4n) is 1.29. The van der Waals surface area contributed by atoms with Crippen molar-refractivity contribution >= 4 is 0 Å². The first-order valence-corrected chi connectivity index (χ1v) is 4.85. The molecule has 0 aliphatic heterocycles. The van der Waals surface area contributed by atoms with Gasteiger partial charge in [-0.1, -0.05) is 6.07 Å². The summed E-state index contributed by atoms with van der Waals surface area (Å²) in [4.78, 5) is 6.24. The van der Waals surface area contributed by atoms with Crippen molar-refractivity contribution in [1.82, 2.24) is 9.88 Å². The minimum absolute atomic E-state index is 0.190. The molecular weight excluding hydrogens is 176 g/mol. The van der Waals surface area contributed by atoms with E-state index in [0.29, 0.717) is 0 Å². The van der Waals surface area contributed by atoms with Gasteiger partial charge in [0.05, 0.1) is 6.61 Å². The van der Waals surface area contributed by atoms with Crippen molar-refractivity contribution in [2.24, 2.45) is 0 Å². The van der Waals surface area contributed by atoms with E-state index < -0.39 is 0 Å². The molecule has 78 valence electrons. The second-order valence-corrected chi connectivity index (χ2v) is 3.82. The van der Waals surface area contributed by atoms with Gasteiger partial charge in [0.1, 0.15) is 0 Å². The summed E-state index contributed by atoms with van der Waals surface area (Å²) in [6.45, 7) is 5.06. The Morgan fingerprint density at radius 1 is 1.50 bits per heavy atom. The van der Waals surface area contributed by atoms with Crippen molar-refractivity contribution < 1.29 is 5.11 Å². The predicted octanol–water partition coefficient (Wildman–Crippen LogP) is 1.20. The third-order valence-electron chi connectivity index (χ3n) is 2.38. The largest absolute Gasteiger partial charge is 0.395 e. The third-order valence-corrected chi connectivity index (χ3v) is 2.38. The Kier molecular flexibility index (Phi) is 4.04. The minimum Gasteiger partial charge on any atom is -0.395 e. The first kappa shape index (κ1) is 11.1. The van der Waals surface area contributed by atoms with Crippen LogP contribution in [0.4, 0.5) is 0 Å². The van der Waals surface area contributed by atoms with E-state index in [4.69, 9.17) is 5.11 Å². The standard InChI is InChI=1S/C11H18N2O/c1-9-4-11(6-12-5-9)7-13(3)10(2)8-14/h4-6,10,14H,7-8H2,1-3H3. The number of likely N-dealkylation sites (N-methyl/N-ethyl adjacent to an activating group) is 1. The molecule has 1 N–H and O–H groups in total. The first-order chi connectivity index (χ1) is 6.63. The topological polar surface area (TPSA) is 36.4 Å². The Balaban J connectivity index is 2.60. The highest BCUT2D eigenvalue weighted by atomic mass is 16.3. The molecule has 3 nitrogen and oxygen atoms in total. The molecule has 0 radical (unpaired) electrons. The lowest BCUT2D eigenvalue weighted by Crippen LogP contribution is -2.31. The van der Waals surface area contributed by atoms with E-state index in [2.05, 4.69) is 16.0 Å². The van der Waals surface area contributed by atoms with Crippen LogP contribution in [0, 0.1) is 6.92 Å². The quantitative estimate of drug-likeness (QED) is 0.782. The fraction of sp³-hybridized carbons (Fsp3) is 0.545. The molecule has 0 aromatic carbocycles. The number of rotatable bonds is 4. The Bertz CT molecular complexity index is 288. The van der Waals surface area contributed by atoms with Crippen LogP contribution in [0.2, 0.25) is 0 Å². The average molecular weight is 194 g/mol. The summed E-state index contributed by atoms with van der Waals surface area (Å²) < 4.78 is 0. The molecule has 1 rings (SSSR count). The van der Waals surface area contributed by atoms with E-state index in [-0.39, 0.29) is 12.6 Å². The summed E-state index contributed by atoms with van der Waals surface area (Å²) in [5, 5.41) is 8.98. The molecule has 1 atom stereocenters. The molecule has 0 saturated heterocycles. The minimum atomic E-state index is 0.190. The summed E-state index contributed by atoms with van der Waals surface area (Å²) >= 11 is 0. The summed E-state index contributed by atoms with van der Waals surface area (Å²) in [6, 6.07) is 2.31. The maximum absolute atomic E-state index is 8.98. The van der Waals surface area contributed by atoms with Crippen LogP contribution in [0.1, 0.15) is 18.1 Å². The molecule has 0 fully saturated rings. The van der Waals surface area contributed by atoms with Crippen LogP contribution in [0.5, 0.6) is 0 Å². The number of aliphatic hydroxyl groups is 1. The van der Waals surface area contributed by atoms with Crippen LogP contribution in [0.15, 0.2) is 18.5 Å². The van der Waals surface area contributed by atoms with Crippen molar-refractivity contribution in [2.45, 2.75) is 26.4 Å². The predicted molar refractivity (Wildman–Crippen MR) is 57.0 cm³/mol. The van der Waals surface area contributed by atoms with Gasteiger partial charge in [-0.2, -0.15) is 0 Å². The van der Waals surface area contributed by atoms with Gasteiger partial charge in [-0.3, -0.25) is 9.88 Å². The molecule has 1 aromatic heterocycles. The number of pyridine rings is 1. The molecule has 1 heterocycles. The number of hydrogen-bond acceptors (Lipinski definition) is 3. The zero-order valence-corrected chi connectivity index (χ0v) is 9.07. The van der Waals surface area contributed by atoms with Crippen LogP contribution < -0.4 is 0 Å². The van der Waals surface area contributed by atoms with Crippen molar-refractivity contribution in [2.75, 3.05) is 13.7 Å². The molecular formula is C11H18N2O. The van der Waals surface area contributed by atoms with E-state index in [1.807, 2.05) is 33.3 Å². The Labute approximate surface area is 85.4 Å². The summed E-state index contributed by atoms with van der Waals surface area (Å²) in [5.41, 5.74) is 2.36. The number of aliphatic hydroxyl groups excluding tert-OH is 1. The Morgan fingerprint density at radius 2 is 2.21 bits per heavy atom. The van der Waals surface area contributed by atoms with Gasteiger partial charge in [-0.25, -0.2) is 0 Å². The van der Waals surface area contributed by atoms with Crippen LogP contribution in [0.3, 0.4) is 0 Å². The molecule has 0 aliphatic rings. The van der Waals surface area contributed by atoms with E-state index in [0.717, 1.165) is 6.54 Å². The van der Waals surface area contributed by atoms with Crippen LogP contribution in [-0.4, -0.2) is 34.7 Å². The van der Waals surface area contributed by atoms with Crippen molar-refractivity contribution in [3.05, 3.63) is 29.6 Å². The second-order valence-electron chi connectivity index (χ2n) is 3.82. The van der Waals surface area contributed by atoms with Gasteiger partial charge in [-0.15, -0.1) is 0 Å². The molecule has 0 spiro atoms. The Hall–Kier alpha value is -0.930. The highest BCUT2D eigenvalue weighted by Crippen LogP contribution is 2.06. The SMILES string of the molecule is Cc1cncc(CN(C)C(C)CO)c1. The molecule has 1 unspecified atom stereocenters. The summed E-state index contributed by atoms with van der Waals surface area (Å²) in [7, 11) is 2.00. The van der Waals surface area contributed by atoms with E-state index >= 15 is 0 Å². The molecule has 1 aromatic rings. The van der Waals surface area contributed by atoms with Crippen molar-refractivity contribution in [3.63, 3.8) is 0 Å². The van der Waals surface area contributed by atoms with Gasteiger partial charge in [-0.05, 0) is 32.0 Å². The molecule has 3 heteroatoms. The number of aryl methyl sites for hydroxylation is 1. The maximum atomic E-state index is 8.98. The lowest BCUT2D eigenvalue weighted by molar-refractivity contribution is 0.154. The normalized spacial score (nSPS) is 13.2. The molecule has 0 bridgehead atoms. The molecule has 0 saturated carbocycles. The van der Waals surface area contributed by atoms with Gasteiger partial charge >= 0.3 is 0 Å². The zero-order chi connectivity index (χ0) is 10.6. The molecule has 0 amide bonds. The van der Waals surface area contributed by atoms with Gasteiger partial charge < -0.3 is 5.11 Å². The first-order valence-electron chi connectivity index (χ1n) is 4.85. The average Bonchev–Trinajstić information content (AvgIpc) is 2.16. The smallest absolute Gasteiger partial charge is 0.0584 e. The lowest BCUT2D eigenvalue weighted by Gasteiger charge is -2.22. The zero-order valence-electron chi connectivity index (χ0n) is 9.07. The van der Waals surface area contributed by atoms with Crippen molar-refractivity contribution in [3.8, 4) is 0 Å². The maximum Gasteiger partial charge on any atom is 0.0584 e. The van der Waals surface area contributed by atoms with E-state index in [1.54, 1.807) is 0 Å². The van der Waals surface area contributed by atoms with Crippen molar-refractivity contribution in [1.29, 1.82) is 0 Å². The van der Waals surface area contributed by atoms with Crippen LogP contribution >= 0.6 is 0 Å². The number of nitrogens with zero attached hydrogens (tertiary/aromatic N) is 2. The second kappa shape index (κ2) is 5.08. The highest BCUT2D eigenvalue weighted by Gasteiger charge is 2.07. The summed E-state index contributed by atoms with van der Waals surface area (Å²) in [5.74, 6) is 0. The van der Waals surface area contributed by atoms with Gasteiger partial charge in [0.15, 0.2) is 0 Å². The molecule has 14 heavy (non-hydrogen) atoms. The number of hydrogen-bond donors (Lipinski definition) is 1. The summed E-state index contributed by atoms with van der Waals surface area (Å²) in [6.07, 6.45) is 3.71. The Morgan fingerprint density at radius 3 is 2.79 bits per heavy atom. The lowest BCUT2D eigenvalue weighted by atomic mass is 10.2. The van der Waals surface area contributed by atoms with Gasteiger partial charge in [0.2, 0.25) is 0 Å². The number of aromatic nitrogens is 1. The van der Waals surface area contributed by atoms with Crippen LogP contribution in [0.25, 0.3) is 0 Å². The third kappa shape index (κ3) is 3.09. The van der Waals surface area contributed by atoms with Gasteiger partial charge in [0.25, 0.3) is 0 Å².